The minimum absolute atomic E-state index is 0.181. The van der Waals surface area contributed by atoms with Crippen LogP contribution in [0.25, 0.3) is 0 Å². The van der Waals surface area contributed by atoms with Crippen molar-refractivity contribution in [1.29, 1.82) is 0 Å². The average Bonchev–Trinajstić information content (AvgIpc) is 2.15. The van der Waals surface area contributed by atoms with E-state index in [0.717, 1.165) is 0 Å². The van der Waals surface area contributed by atoms with Gasteiger partial charge >= 0.3 is 0 Å². The molecule has 5 nitrogen and oxygen atoms in total. The zero-order valence-corrected chi connectivity index (χ0v) is 4.74. The first kappa shape index (κ1) is 6.00. The second kappa shape index (κ2) is 2.43. The summed E-state index contributed by atoms with van der Waals surface area (Å²) in [5.41, 5.74) is 0.528. The molecule has 50 valence electrons. The lowest BCUT2D eigenvalue weighted by Crippen LogP contribution is -2.11. The van der Waals surface area contributed by atoms with Crippen LogP contribution in [0, 0.1) is 10.1 Å². The number of nitrogens with zero attached hydrogens (tertiary/aromatic N) is 2. The highest BCUT2D eigenvalue weighted by Gasteiger charge is 2.12. The summed E-state index contributed by atoms with van der Waals surface area (Å²) in [5.74, 6) is 0. The van der Waals surface area contributed by atoms with Crippen molar-refractivity contribution in [2.45, 2.75) is 6.42 Å². The van der Waals surface area contributed by atoms with E-state index in [-0.39, 0.29) is 6.54 Å². The first-order valence-corrected chi connectivity index (χ1v) is 2.58. The summed E-state index contributed by atoms with van der Waals surface area (Å²) >= 11 is 0. The summed E-state index contributed by atoms with van der Waals surface area (Å²) in [6.45, 7) is 0.309. The fraction of sp³-hybridized carbons (Fsp3) is 0.750. The van der Waals surface area contributed by atoms with Crippen LogP contribution in [0.15, 0.2) is 5.16 Å². The van der Waals surface area contributed by atoms with Crippen molar-refractivity contribution in [2.75, 3.05) is 13.2 Å². The van der Waals surface area contributed by atoms with Gasteiger partial charge in [-0.2, -0.15) is 0 Å². The predicted octanol–water partition coefficient (Wildman–Crippen LogP) is 0.0394. The standard InChI is InChI=1S/C4H6N2O3/c7-6(8)3-4-1-2-9-5-4/h1-3H2. The lowest BCUT2D eigenvalue weighted by Gasteiger charge is -1.85. The highest BCUT2D eigenvalue weighted by Crippen LogP contribution is 1.98. The summed E-state index contributed by atoms with van der Waals surface area (Å²) in [6.07, 6.45) is 0.598. The van der Waals surface area contributed by atoms with E-state index >= 15 is 0 Å². The Bertz CT molecular complexity index is 154. The molecular weight excluding hydrogens is 124 g/mol. The van der Waals surface area contributed by atoms with E-state index in [1.54, 1.807) is 0 Å². The van der Waals surface area contributed by atoms with Crippen LogP contribution in [0.2, 0.25) is 0 Å². The number of oxime groups is 1. The maximum Gasteiger partial charge on any atom is 0.245 e. The Morgan fingerprint density at radius 3 is 3.11 bits per heavy atom. The smallest absolute Gasteiger partial charge is 0.245 e. The molecule has 0 atom stereocenters. The molecule has 0 saturated heterocycles. The van der Waals surface area contributed by atoms with Gasteiger partial charge in [0.25, 0.3) is 0 Å². The van der Waals surface area contributed by atoms with Gasteiger partial charge in [0.15, 0.2) is 0 Å². The minimum Gasteiger partial charge on any atom is -0.395 e. The van der Waals surface area contributed by atoms with Crippen LogP contribution in [0.1, 0.15) is 6.42 Å². The van der Waals surface area contributed by atoms with E-state index in [4.69, 9.17) is 0 Å². The second-order valence-corrected chi connectivity index (χ2v) is 1.73. The quantitative estimate of drug-likeness (QED) is 0.391. The number of nitro groups is 1. The normalized spacial score (nSPS) is 16.7. The van der Waals surface area contributed by atoms with Gasteiger partial charge in [-0.1, -0.05) is 5.16 Å². The highest BCUT2D eigenvalue weighted by molar-refractivity contribution is 5.85. The van der Waals surface area contributed by atoms with Crippen LogP contribution in [0.3, 0.4) is 0 Å². The Morgan fingerprint density at radius 2 is 2.67 bits per heavy atom. The number of rotatable bonds is 2. The topological polar surface area (TPSA) is 64.7 Å². The van der Waals surface area contributed by atoms with Crippen molar-refractivity contribution in [2.24, 2.45) is 5.16 Å². The first-order chi connectivity index (χ1) is 4.29. The second-order valence-electron chi connectivity index (χ2n) is 1.73. The number of hydrogen-bond donors (Lipinski definition) is 0. The molecule has 0 aromatic carbocycles. The van der Waals surface area contributed by atoms with E-state index in [2.05, 4.69) is 9.99 Å². The molecule has 0 aromatic heterocycles. The third-order valence-electron chi connectivity index (χ3n) is 0.987. The molecule has 0 fully saturated rings. The Labute approximate surface area is 51.4 Å². The fourth-order valence-corrected chi connectivity index (χ4v) is 0.603. The fourth-order valence-electron chi connectivity index (χ4n) is 0.603. The van der Waals surface area contributed by atoms with Gasteiger partial charge in [0.05, 0.1) is 0 Å². The third kappa shape index (κ3) is 1.67. The van der Waals surface area contributed by atoms with Crippen LogP contribution in [-0.4, -0.2) is 23.8 Å². The monoisotopic (exact) mass is 130 g/mol. The van der Waals surface area contributed by atoms with Crippen molar-refractivity contribution in [3.8, 4) is 0 Å². The zero-order valence-electron chi connectivity index (χ0n) is 4.74. The van der Waals surface area contributed by atoms with Crippen molar-refractivity contribution in [3.05, 3.63) is 10.1 Å². The maximum atomic E-state index is 9.82. The summed E-state index contributed by atoms with van der Waals surface area (Å²) < 4.78 is 0. The van der Waals surface area contributed by atoms with Gasteiger partial charge in [0, 0.05) is 11.3 Å². The summed E-state index contributed by atoms with van der Waals surface area (Å²) in [5, 5.41) is 13.3. The van der Waals surface area contributed by atoms with Crippen LogP contribution in [-0.2, 0) is 4.84 Å². The highest BCUT2D eigenvalue weighted by atomic mass is 16.6. The van der Waals surface area contributed by atoms with Crippen LogP contribution in [0.5, 0.6) is 0 Å². The van der Waals surface area contributed by atoms with Gasteiger partial charge in [-0.25, -0.2) is 0 Å². The average molecular weight is 130 g/mol. The van der Waals surface area contributed by atoms with E-state index in [0.29, 0.717) is 18.7 Å². The molecule has 9 heavy (non-hydrogen) atoms. The molecule has 0 N–H and O–H groups in total. The number of hydrogen-bond acceptors (Lipinski definition) is 4. The molecule has 0 bridgehead atoms. The van der Waals surface area contributed by atoms with Gasteiger partial charge < -0.3 is 4.84 Å². The van der Waals surface area contributed by atoms with Crippen molar-refractivity contribution < 1.29 is 9.76 Å². The predicted molar refractivity (Wildman–Crippen MR) is 29.9 cm³/mol. The Hall–Kier alpha value is -1.13. The molecule has 0 saturated carbocycles. The zero-order chi connectivity index (χ0) is 6.69. The largest absolute Gasteiger partial charge is 0.395 e. The Morgan fingerprint density at radius 1 is 1.89 bits per heavy atom. The minimum atomic E-state index is -0.409. The Balaban J connectivity index is 2.35. The molecule has 0 spiro atoms. The van der Waals surface area contributed by atoms with Crippen molar-refractivity contribution in [3.63, 3.8) is 0 Å². The van der Waals surface area contributed by atoms with Gasteiger partial charge in [-0.05, 0) is 0 Å². The van der Waals surface area contributed by atoms with E-state index in [1.165, 1.54) is 0 Å². The SMILES string of the molecule is O=[N+]([O-])CC1=NOCC1. The maximum absolute atomic E-state index is 9.82. The third-order valence-corrected chi connectivity index (χ3v) is 0.987. The van der Waals surface area contributed by atoms with Gasteiger partial charge in [-0.3, -0.25) is 10.1 Å². The molecule has 0 aliphatic carbocycles. The molecular formula is C4H6N2O3. The van der Waals surface area contributed by atoms with E-state index < -0.39 is 4.92 Å². The van der Waals surface area contributed by atoms with Crippen molar-refractivity contribution >= 4 is 5.71 Å². The molecule has 1 rings (SSSR count). The lowest BCUT2D eigenvalue weighted by molar-refractivity contribution is -0.463. The van der Waals surface area contributed by atoms with Gasteiger partial charge in [-0.15, -0.1) is 0 Å². The van der Waals surface area contributed by atoms with Crippen LogP contribution < -0.4 is 0 Å². The molecule has 0 radical (unpaired) electrons. The first-order valence-electron chi connectivity index (χ1n) is 2.58. The summed E-state index contributed by atoms with van der Waals surface area (Å²) in [6, 6.07) is 0. The van der Waals surface area contributed by atoms with Gasteiger partial charge in [0.1, 0.15) is 12.3 Å². The molecule has 1 heterocycles. The molecule has 1 aliphatic rings. The molecule has 0 unspecified atom stereocenters. The van der Waals surface area contributed by atoms with Crippen LogP contribution in [0.4, 0.5) is 0 Å². The molecule has 0 amide bonds. The van der Waals surface area contributed by atoms with E-state index in [9.17, 15) is 10.1 Å². The molecule has 0 aromatic rings. The molecule has 5 heteroatoms. The lowest BCUT2D eigenvalue weighted by atomic mass is 10.3. The Kier molecular flexibility index (Phi) is 1.62. The van der Waals surface area contributed by atoms with Gasteiger partial charge in [0.2, 0.25) is 6.54 Å². The van der Waals surface area contributed by atoms with Crippen molar-refractivity contribution in [1.82, 2.24) is 0 Å². The summed E-state index contributed by atoms with van der Waals surface area (Å²) in [4.78, 5) is 14.0. The summed E-state index contributed by atoms with van der Waals surface area (Å²) in [7, 11) is 0. The van der Waals surface area contributed by atoms with Crippen LogP contribution >= 0.6 is 0 Å². The molecule has 1 aliphatic heterocycles. The van der Waals surface area contributed by atoms with E-state index in [1.807, 2.05) is 0 Å².